The van der Waals surface area contributed by atoms with E-state index in [0.29, 0.717) is 22.5 Å². The molecule has 0 aliphatic heterocycles. The quantitative estimate of drug-likeness (QED) is 0.527. The summed E-state index contributed by atoms with van der Waals surface area (Å²) in [5.74, 6) is 0.341. The normalized spacial score (nSPS) is 11.2. The number of rotatable bonds is 5. The lowest BCUT2D eigenvalue weighted by Gasteiger charge is -2.10. The zero-order chi connectivity index (χ0) is 20.5. The van der Waals surface area contributed by atoms with Gasteiger partial charge in [0.25, 0.3) is 0 Å². The lowest BCUT2D eigenvalue weighted by molar-refractivity contribution is -0.0498. The Hall–Kier alpha value is -3.89. The third-order valence-electron chi connectivity index (χ3n) is 3.96. The van der Waals surface area contributed by atoms with Gasteiger partial charge in [-0.05, 0) is 43.3 Å². The van der Waals surface area contributed by atoms with Crippen molar-refractivity contribution in [3.63, 3.8) is 0 Å². The lowest BCUT2D eigenvalue weighted by Crippen LogP contribution is -2.10. The minimum atomic E-state index is -2.90. The topological polar surface area (TPSA) is 104 Å². The Labute approximate surface area is 162 Å². The molecule has 0 radical (unpaired) electrons. The Balaban J connectivity index is 1.69. The third-order valence-corrected chi connectivity index (χ3v) is 3.96. The number of hydrogen-bond acceptors (Lipinski definition) is 7. The van der Waals surface area contributed by atoms with Gasteiger partial charge in [-0.25, -0.2) is 9.37 Å². The highest BCUT2D eigenvalue weighted by molar-refractivity contribution is 5.77. The van der Waals surface area contributed by atoms with E-state index in [0.717, 1.165) is 0 Å². The standard InChI is InChI=1S/C18H14F3N7O/c1-9-23-13-7-2-10(19)8-14(13)28(9)18-26-16(22)25-17(27-18)24-11-3-5-12(6-4-11)29-15(20)21/h2-8,15H,1H3,(H3,22,24,25,26,27). The molecule has 0 spiro atoms. The van der Waals surface area contributed by atoms with Crippen LogP contribution >= 0.6 is 0 Å². The van der Waals surface area contributed by atoms with Crippen molar-refractivity contribution in [1.29, 1.82) is 0 Å². The molecule has 0 bridgehead atoms. The molecule has 0 unspecified atom stereocenters. The molecular weight excluding hydrogens is 387 g/mol. The number of imidazole rings is 1. The number of benzene rings is 2. The number of anilines is 3. The predicted molar refractivity (Wildman–Crippen MR) is 99.9 cm³/mol. The Morgan fingerprint density at radius 2 is 1.79 bits per heavy atom. The summed E-state index contributed by atoms with van der Waals surface area (Å²) in [6, 6.07) is 9.97. The van der Waals surface area contributed by atoms with Crippen LogP contribution in [-0.4, -0.2) is 31.1 Å². The van der Waals surface area contributed by atoms with Crippen LogP contribution < -0.4 is 15.8 Å². The number of fused-ring (bicyclic) bond motifs is 1. The fraction of sp³-hybridized carbons (Fsp3) is 0.111. The van der Waals surface area contributed by atoms with Gasteiger partial charge in [0, 0.05) is 11.8 Å². The first-order valence-corrected chi connectivity index (χ1v) is 8.37. The van der Waals surface area contributed by atoms with Crippen LogP contribution in [0.25, 0.3) is 17.0 Å². The van der Waals surface area contributed by atoms with Crippen LogP contribution in [0.4, 0.5) is 30.8 Å². The van der Waals surface area contributed by atoms with E-state index in [9.17, 15) is 13.2 Å². The van der Waals surface area contributed by atoms with E-state index in [2.05, 4.69) is 30.0 Å². The molecular formula is C18H14F3N7O. The smallest absolute Gasteiger partial charge is 0.387 e. The first kappa shape index (κ1) is 18.5. The maximum atomic E-state index is 13.7. The van der Waals surface area contributed by atoms with Gasteiger partial charge in [-0.15, -0.1) is 0 Å². The first-order valence-electron chi connectivity index (χ1n) is 8.37. The Kier molecular flexibility index (Phi) is 4.63. The third kappa shape index (κ3) is 3.88. The maximum absolute atomic E-state index is 13.7. The molecule has 8 nitrogen and oxygen atoms in total. The van der Waals surface area contributed by atoms with Gasteiger partial charge < -0.3 is 15.8 Å². The number of nitrogen functional groups attached to an aromatic ring is 1. The number of halogens is 3. The minimum absolute atomic E-state index is 0.0175. The van der Waals surface area contributed by atoms with Gasteiger partial charge in [0.05, 0.1) is 11.0 Å². The van der Waals surface area contributed by atoms with Crippen LogP contribution in [0.3, 0.4) is 0 Å². The van der Waals surface area contributed by atoms with Crippen LogP contribution in [0.2, 0.25) is 0 Å². The highest BCUT2D eigenvalue weighted by Crippen LogP contribution is 2.23. The molecule has 0 saturated heterocycles. The van der Waals surface area contributed by atoms with E-state index in [4.69, 9.17) is 5.73 Å². The zero-order valence-corrected chi connectivity index (χ0v) is 15.0. The Morgan fingerprint density at radius 3 is 2.52 bits per heavy atom. The molecule has 2 aromatic heterocycles. The number of aryl methyl sites for hydroxylation is 1. The summed E-state index contributed by atoms with van der Waals surface area (Å²) in [6.07, 6.45) is 0. The first-order chi connectivity index (χ1) is 13.9. The molecule has 0 atom stereocenters. The van der Waals surface area contributed by atoms with Crippen molar-refractivity contribution in [2.75, 3.05) is 11.1 Å². The SMILES string of the molecule is Cc1nc2ccc(F)cc2n1-c1nc(N)nc(Nc2ccc(OC(F)F)cc2)n1. The largest absolute Gasteiger partial charge is 0.435 e. The molecule has 0 aliphatic rings. The summed E-state index contributed by atoms with van der Waals surface area (Å²) in [6.45, 7) is -1.18. The Morgan fingerprint density at radius 1 is 1.03 bits per heavy atom. The van der Waals surface area contributed by atoms with Gasteiger partial charge in [-0.2, -0.15) is 23.7 Å². The van der Waals surface area contributed by atoms with Gasteiger partial charge >= 0.3 is 6.61 Å². The summed E-state index contributed by atoms with van der Waals surface area (Å²) in [5.41, 5.74) is 7.38. The van der Waals surface area contributed by atoms with Crippen molar-refractivity contribution >= 4 is 28.6 Å². The van der Waals surface area contributed by atoms with Crippen LogP contribution in [0.5, 0.6) is 5.75 Å². The van der Waals surface area contributed by atoms with Crippen molar-refractivity contribution in [2.45, 2.75) is 13.5 Å². The Bertz CT molecular complexity index is 1180. The number of ether oxygens (including phenoxy) is 1. The minimum Gasteiger partial charge on any atom is -0.435 e. The van der Waals surface area contributed by atoms with Crippen molar-refractivity contribution in [3.8, 4) is 11.7 Å². The van der Waals surface area contributed by atoms with Crippen LogP contribution in [0.1, 0.15) is 5.82 Å². The summed E-state index contributed by atoms with van der Waals surface area (Å²) in [5, 5.41) is 2.91. The maximum Gasteiger partial charge on any atom is 0.387 e. The van der Waals surface area contributed by atoms with E-state index in [1.54, 1.807) is 17.6 Å². The number of nitrogens with zero attached hydrogens (tertiary/aromatic N) is 5. The van der Waals surface area contributed by atoms with Gasteiger partial charge in [-0.3, -0.25) is 4.57 Å². The molecule has 4 rings (SSSR count). The van der Waals surface area contributed by atoms with Gasteiger partial charge in [0.1, 0.15) is 17.4 Å². The summed E-state index contributed by atoms with van der Waals surface area (Å²) >= 11 is 0. The number of nitrogens with one attached hydrogen (secondary N) is 1. The van der Waals surface area contributed by atoms with E-state index in [1.165, 1.54) is 36.4 Å². The number of alkyl halides is 2. The van der Waals surface area contributed by atoms with Crippen molar-refractivity contribution in [1.82, 2.24) is 24.5 Å². The molecule has 0 aliphatic carbocycles. The zero-order valence-electron chi connectivity index (χ0n) is 15.0. The molecule has 0 fully saturated rings. The fourth-order valence-electron chi connectivity index (χ4n) is 2.81. The van der Waals surface area contributed by atoms with Gasteiger partial charge in [0.2, 0.25) is 17.8 Å². The average Bonchev–Trinajstić information content (AvgIpc) is 2.97. The second-order valence-corrected chi connectivity index (χ2v) is 5.97. The van der Waals surface area contributed by atoms with E-state index >= 15 is 0 Å². The van der Waals surface area contributed by atoms with E-state index in [1.807, 2.05) is 0 Å². The average molecular weight is 401 g/mol. The molecule has 0 saturated carbocycles. The monoisotopic (exact) mass is 401 g/mol. The van der Waals surface area contributed by atoms with E-state index in [-0.39, 0.29) is 23.6 Å². The van der Waals surface area contributed by atoms with Crippen molar-refractivity contribution in [3.05, 3.63) is 54.1 Å². The van der Waals surface area contributed by atoms with Crippen molar-refractivity contribution in [2.24, 2.45) is 0 Å². The van der Waals surface area contributed by atoms with Crippen molar-refractivity contribution < 1.29 is 17.9 Å². The molecule has 11 heteroatoms. The summed E-state index contributed by atoms with van der Waals surface area (Å²) < 4.78 is 44.1. The highest BCUT2D eigenvalue weighted by atomic mass is 19.3. The van der Waals surface area contributed by atoms with E-state index < -0.39 is 12.4 Å². The molecule has 148 valence electrons. The fourth-order valence-corrected chi connectivity index (χ4v) is 2.81. The molecule has 2 heterocycles. The molecule has 29 heavy (non-hydrogen) atoms. The highest BCUT2D eigenvalue weighted by Gasteiger charge is 2.15. The molecule has 0 amide bonds. The van der Waals surface area contributed by atoms with Crippen LogP contribution in [0.15, 0.2) is 42.5 Å². The van der Waals surface area contributed by atoms with Crippen LogP contribution in [-0.2, 0) is 0 Å². The summed E-state index contributed by atoms with van der Waals surface area (Å²) in [7, 11) is 0. The number of aromatic nitrogens is 5. The van der Waals surface area contributed by atoms with Gasteiger partial charge in [0.15, 0.2) is 0 Å². The van der Waals surface area contributed by atoms with Crippen LogP contribution in [0, 0.1) is 12.7 Å². The molecule has 4 aromatic rings. The predicted octanol–water partition coefficient (Wildman–Crippen LogP) is 3.59. The number of hydrogen-bond donors (Lipinski definition) is 2. The van der Waals surface area contributed by atoms with Gasteiger partial charge in [-0.1, -0.05) is 0 Å². The number of nitrogens with two attached hydrogens (primary N) is 1. The summed E-state index contributed by atoms with van der Waals surface area (Å²) in [4.78, 5) is 16.8. The molecule has 2 aromatic carbocycles. The second-order valence-electron chi connectivity index (χ2n) is 5.97. The lowest BCUT2D eigenvalue weighted by atomic mass is 10.3. The molecule has 3 N–H and O–H groups in total. The second kappa shape index (κ2) is 7.26.